The first-order valence-corrected chi connectivity index (χ1v) is 8.51. The minimum Gasteiger partial charge on any atom is -0.477 e. The van der Waals surface area contributed by atoms with Crippen molar-refractivity contribution in [1.29, 1.82) is 0 Å². The number of hydrogen-bond donors (Lipinski definition) is 1. The van der Waals surface area contributed by atoms with E-state index in [1.54, 1.807) is 6.07 Å². The van der Waals surface area contributed by atoms with Crippen LogP contribution in [0, 0.1) is 5.92 Å². The van der Waals surface area contributed by atoms with Gasteiger partial charge in [0.2, 0.25) is 0 Å². The smallest absolute Gasteiger partial charge is 0.354 e. The molecule has 0 spiro atoms. The van der Waals surface area contributed by atoms with Crippen LogP contribution in [0.4, 0.5) is 0 Å². The molecule has 6 heteroatoms. The predicted molar refractivity (Wildman–Crippen MR) is 75.2 cm³/mol. The highest BCUT2D eigenvalue weighted by Crippen LogP contribution is 2.29. The third-order valence-electron chi connectivity index (χ3n) is 3.77. The molecule has 1 N–H and O–H groups in total. The fourth-order valence-electron chi connectivity index (χ4n) is 2.71. The quantitative estimate of drug-likeness (QED) is 0.921. The molecule has 2 unspecified atom stereocenters. The van der Waals surface area contributed by atoms with Gasteiger partial charge in [0.25, 0.3) is 0 Å². The molecule has 1 aromatic rings. The van der Waals surface area contributed by atoms with Gasteiger partial charge >= 0.3 is 5.97 Å². The summed E-state index contributed by atoms with van der Waals surface area (Å²) in [5.74, 6) is -0.886. The highest BCUT2D eigenvalue weighted by Gasteiger charge is 2.30. The molecule has 1 saturated carbocycles. The van der Waals surface area contributed by atoms with Gasteiger partial charge in [-0.2, -0.15) is 0 Å². The van der Waals surface area contributed by atoms with Crippen molar-refractivity contribution in [3.8, 4) is 0 Å². The number of aromatic nitrogens is 1. The Labute approximate surface area is 119 Å². The van der Waals surface area contributed by atoms with E-state index in [2.05, 4.69) is 11.9 Å². The van der Waals surface area contributed by atoms with Crippen LogP contribution in [0.25, 0.3) is 0 Å². The third kappa shape index (κ3) is 3.56. The molecule has 0 saturated heterocycles. The molecule has 1 aliphatic carbocycles. The summed E-state index contributed by atoms with van der Waals surface area (Å²) in [4.78, 5) is 14.7. The monoisotopic (exact) mass is 297 g/mol. The first kappa shape index (κ1) is 15.0. The maximum absolute atomic E-state index is 12.4. The lowest BCUT2D eigenvalue weighted by molar-refractivity contribution is 0.0690. The van der Waals surface area contributed by atoms with Crippen LogP contribution in [-0.2, 0) is 15.6 Å². The van der Waals surface area contributed by atoms with Gasteiger partial charge in [-0.25, -0.2) is 18.2 Å². The Balaban J connectivity index is 2.15. The van der Waals surface area contributed by atoms with Crippen molar-refractivity contribution in [2.45, 2.75) is 43.6 Å². The van der Waals surface area contributed by atoms with Gasteiger partial charge in [0.15, 0.2) is 9.84 Å². The van der Waals surface area contributed by atoms with Gasteiger partial charge in [-0.15, -0.1) is 0 Å². The van der Waals surface area contributed by atoms with Crippen molar-refractivity contribution < 1.29 is 18.3 Å². The van der Waals surface area contributed by atoms with Crippen LogP contribution in [0.5, 0.6) is 0 Å². The molecule has 0 bridgehead atoms. The summed E-state index contributed by atoms with van der Waals surface area (Å²) in [6.45, 7) is 2.07. The number of sulfone groups is 1. The molecule has 0 aliphatic heterocycles. The Kier molecular flexibility index (Phi) is 4.42. The van der Waals surface area contributed by atoms with Gasteiger partial charge in [0, 0.05) is 0 Å². The molecule has 0 radical (unpaired) electrons. The van der Waals surface area contributed by atoms with Crippen molar-refractivity contribution >= 4 is 15.8 Å². The number of rotatable bonds is 4. The van der Waals surface area contributed by atoms with Crippen LogP contribution in [0.1, 0.15) is 48.8 Å². The van der Waals surface area contributed by atoms with Crippen LogP contribution in [0.3, 0.4) is 0 Å². The largest absolute Gasteiger partial charge is 0.477 e. The Morgan fingerprint density at radius 1 is 1.40 bits per heavy atom. The zero-order chi connectivity index (χ0) is 14.8. The Morgan fingerprint density at radius 2 is 2.15 bits per heavy atom. The molecular weight excluding hydrogens is 278 g/mol. The zero-order valence-electron chi connectivity index (χ0n) is 11.4. The van der Waals surface area contributed by atoms with Gasteiger partial charge in [-0.3, -0.25) is 0 Å². The predicted octanol–water partition coefficient (Wildman–Crippen LogP) is 2.27. The van der Waals surface area contributed by atoms with Gasteiger partial charge in [0.05, 0.1) is 16.7 Å². The van der Waals surface area contributed by atoms with Gasteiger partial charge in [-0.1, -0.05) is 25.8 Å². The van der Waals surface area contributed by atoms with Crippen LogP contribution >= 0.6 is 0 Å². The molecule has 1 fully saturated rings. The fraction of sp³-hybridized carbons (Fsp3) is 0.571. The number of nitrogens with zero attached hydrogens (tertiary/aromatic N) is 1. The summed E-state index contributed by atoms with van der Waals surface area (Å²) < 4.78 is 24.8. The number of pyridine rings is 1. The highest BCUT2D eigenvalue weighted by atomic mass is 32.2. The number of aromatic carboxylic acids is 1. The molecule has 0 amide bonds. The number of carbonyl (C=O) groups is 1. The number of hydrogen-bond acceptors (Lipinski definition) is 4. The Morgan fingerprint density at radius 3 is 2.80 bits per heavy atom. The van der Waals surface area contributed by atoms with Crippen LogP contribution in [-0.4, -0.2) is 29.7 Å². The SMILES string of the molecule is CC1CCCC(S(=O)(=O)Cc2cccc(C(=O)O)n2)C1. The van der Waals surface area contributed by atoms with Gasteiger partial charge in [0.1, 0.15) is 5.69 Å². The van der Waals surface area contributed by atoms with Gasteiger partial charge < -0.3 is 5.11 Å². The lowest BCUT2D eigenvalue weighted by Crippen LogP contribution is -2.28. The topological polar surface area (TPSA) is 84.3 Å². The number of carboxylic acid groups (broad SMARTS) is 1. The third-order valence-corrected chi connectivity index (χ3v) is 5.91. The molecule has 2 atom stereocenters. The molecule has 1 heterocycles. The molecule has 110 valence electrons. The summed E-state index contributed by atoms with van der Waals surface area (Å²) in [5.41, 5.74) is 0.192. The van der Waals surface area contributed by atoms with Crippen LogP contribution in [0.15, 0.2) is 18.2 Å². The van der Waals surface area contributed by atoms with E-state index >= 15 is 0 Å². The average Bonchev–Trinajstić information content (AvgIpc) is 2.38. The maximum atomic E-state index is 12.4. The van der Waals surface area contributed by atoms with E-state index < -0.39 is 15.8 Å². The normalized spacial score (nSPS) is 23.4. The van der Waals surface area contributed by atoms with Crippen molar-refractivity contribution in [2.24, 2.45) is 5.92 Å². The summed E-state index contributed by atoms with van der Waals surface area (Å²) in [7, 11) is -3.27. The number of carboxylic acids is 1. The minimum absolute atomic E-state index is 0.116. The van der Waals surface area contributed by atoms with Crippen molar-refractivity contribution in [1.82, 2.24) is 4.98 Å². The Bertz CT molecular complexity index is 597. The van der Waals surface area contributed by atoms with Crippen molar-refractivity contribution in [3.63, 3.8) is 0 Å². The van der Waals surface area contributed by atoms with E-state index in [1.165, 1.54) is 12.1 Å². The standard InChI is InChI=1S/C14H19NO4S/c1-10-4-2-6-12(8-10)20(18,19)9-11-5-3-7-13(15-11)14(16)17/h3,5,7,10,12H,2,4,6,8-9H2,1H3,(H,16,17). The Hall–Kier alpha value is -1.43. The summed E-state index contributed by atoms with van der Waals surface area (Å²) >= 11 is 0. The fourth-order valence-corrected chi connectivity index (χ4v) is 4.66. The molecule has 5 nitrogen and oxygen atoms in total. The summed E-state index contributed by atoms with van der Waals surface area (Å²) in [6, 6.07) is 4.46. The van der Waals surface area contributed by atoms with E-state index in [0.717, 1.165) is 12.8 Å². The molecule has 1 aliphatic rings. The lowest BCUT2D eigenvalue weighted by Gasteiger charge is -2.26. The summed E-state index contributed by atoms with van der Waals surface area (Å²) in [5, 5.41) is 8.56. The second-order valence-electron chi connectivity index (χ2n) is 5.52. The van der Waals surface area contributed by atoms with E-state index in [4.69, 9.17) is 5.11 Å². The molecular formula is C14H19NO4S. The molecule has 20 heavy (non-hydrogen) atoms. The van der Waals surface area contributed by atoms with E-state index in [-0.39, 0.29) is 16.7 Å². The second kappa shape index (κ2) is 5.91. The second-order valence-corrected chi connectivity index (χ2v) is 7.80. The molecule has 0 aromatic carbocycles. The van der Waals surface area contributed by atoms with E-state index in [1.807, 2.05) is 0 Å². The van der Waals surface area contributed by atoms with E-state index in [9.17, 15) is 13.2 Å². The van der Waals surface area contributed by atoms with E-state index in [0.29, 0.717) is 24.5 Å². The van der Waals surface area contributed by atoms with Gasteiger partial charge in [-0.05, 0) is 30.9 Å². The maximum Gasteiger partial charge on any atom is 0.354 e. The minimum atomic E-state index is -3.27. The van der Waals surface area contributed by atoms with Crippen molar-refractivity contribution in [2.75, 3.05) is 0 Å². The van der Waals surface area contributed by atoms with Crippen LogP contribution < -0.4 is 0 Å². The molecule has 1 aromatic heterocycles. The summed E-state index contributed by atoms with van der Waals surface area (Å²) in [6.07, 6.45) is 3.42. The average molecular weight is 297 g/mol. The molecule has 2 rings (SSSR count). The first-order valence-electron chi connectivity index (χ1n) is 6.79. The van der Waals surface area contributed by atoms with Crippen molar-refractivity contribution in [3.05, 3.63) is 29.6 Å². The zero-order valence-corrected chi connectivity index (χ0v) is 12.3. The van der Waals surface area contributed by atoms with Crippen LogP contribution in [0.2, 0.25) is 0 Å². The lowest BCUT2D eigenvalue weighted by atomic mass is 9.91. The first-order chi connectivity index (χ1) is 9.38. The highest BCUT2D eigenvalue weighted by molar-refractivity contribution is 7.91.